The molecule has 2 rings (SSSR count). The molecule has 0 radical (unpaired) electrons. The van der Waals surface area contributed by atoms with E-state index >= 15 is 0 Å². The maximum absolute atomic E-state index is 14.4. The largest absolute Gasteiger partial charge is 0.324 e. The number of anilines is 2. The van der Waals surface area contributed by atoms with E-state index in [0.29, 0.717) is 5.69 Å². The van der Waals surface area contributed by atoms with Crippen LogP contribution in [-0.4, -0.2) is 26.6 Å². The Morgan fingerprint density at radius 3 is 2.07 bits per heavy atom. The molecular formula is C21H27FN2O3S. The van der Waals surface area contributed by atoms with Gasteiger partial charge in [-0.1, -0.05) is 51.1 Å². The fourth-order valence-corrected chi connectivity index (χ4v) is 4.49. The van der Waals surface area contributed by atoms with Gasteiger partial charge < -0.3 is 5.32 Å². The number of carbonyl (C=O) groups excluding carboxylic acids is 1. The minimum absolute atomic E-state index is 0.133. The highest BCUT2D eigenvalue weighted by Gasteiger charge is 2.33. The molecule has 0 bridgehead atoms. The number of nitrogens with one attached hydrogen (secondary N) is 1. The summed E-state index contributed by atoms with van der Waals surface area (Å²) in [4.78, 5) is 13.1. The van der Waals surface area contributed by atoms with Crippen molar-refractivity contribution in [3.05, 3.63) is 59.4 Å². The number of halogens is 1. The molecule has 0 spiro atoms. The Hall–Kier alpha value is -2.41. The van der Waals surface area contributed by atoms with Crippen molar-refractivity contribution in [2.75, 3.05) is 15.9 Å². The van der Waals surface area contributed by atoms with E-state index in [-0.39, 0.29) is 12.1 Å². The molecule has 28 heavy (non-hydrogen) atoms. The average molecular weight is 407 g/mol. The number of hydrogen-bond acceptors (Lipinski definition) is 3. The molecule has 1 unspecified atom stereocenters. The number of benzene rings is 2. The van der Waals surface area contributed by atoms with Crippen molar-refractivity contribution in [3.8, 4) is 0 Å². The van der Waals surface area contributed by atoms with Gasteiger partial charge in [0.25, 0.3) is 0 Å². The van der Waals surface area contributed by atoms with Gasteiger partial charge in [0.15, 0.2) is 0 Å². The van der Waals surface area contributed by atoms with Crippen molar-refractivity contribution >= 4 is 27.3 Å². The summed E-state index contributed by atoms with van der Waals surface area (Å²) in [6.45, 7) is 5.68. The lowest BCUT2D eigenvalue weighted by atomic mass is 10.0. The van der Waals surface area contributed by atoms with Crippen molar-refractivity contribution < 1.29 is 17.6 Å². The van der Waals surface area contributed by atoms with Gasteiger partial charge in [-0.05, 0) is 42.5 Å². The van der Waals surface area contributed by atoms with Crippen LogP contribution in [-0.2, 0) is 27.7 Å². The summed E-state index contributed by atoms with van der Waals surface area (Å²) in [5.41, 5.74) is 2.52. The van der Waals surface area contributed by atoms with Gasteiger partial charge in [-0.2, -0.15) is 0 Å². The number of amides is 1. The molecule has 2 aromatic rings. The van der Waals surface area contributed by atoms with Crippen LogP contribution in [0.2, 0.25) is 0 Å². The second-order valence-corrected chi connectivity index (χ2v) is 8.44. The van der Waals surface area contributed by atoms with Crippen LogP contribution in [0.15, 0.2) is 42.5 Å². The van der Waals surface area contributed by atoms with E-state index in [2.05, 4.69) is 5.32 Å². The fourth-order valence-electron chi connectivity index (χ4n) is 3.28. The number of carbonyl (C=O) groups is 1. The van der Waals surface area contributed by atoms with Crippen LogP contribution in [0.25, 0.3) is 0 Å². The molecule has 1 N–H and O–H groups in total. The van der Waals surface area contributed by atoms with Crippen LogP contribution in [0.4, 0.5) is 15.8 Å². The quantitative estimate of drug-likeness (QED) is 0.717. The zero-order valence-corrected chi connectivity index (χ0v) is 17.5. The molecule has 0 aliphatic heterocycles. The van der Waals surface area contributed by atoms with Gasteiger partial charge in [-0.15, -0.1) is 0 Å². The van der Waals surface area contributed by atoms with Crippen LogP contribution in [0, 0.1) is 5.82 Å². The van der Waals surface area contributed by atoms with Crippen molar-refractivity contribution in [1.82, 2.24) is 0 Å². The van der Waals surface area contributed by atoms with Gasteiger partial charge in [0.1, 0.15) is 11.9 Å². The second-order valence-electron chi connectivity index (χ2n) is 6.58. The molecular weight excluding hydrogens is 379 g/mol. The van der Waals surface area contributed by atoms with E-state index in [1.807, 2.05) is 32.0 Å². The normalized spacial score (nSPS) is 12.5. The molecule has 0 saturated heterocycles. The highest BCUT2D eigenvalue weighted by molar-refractivity contribution is 7.92. The summed E-state index contributed by atoms with van der Waals surface area (Å²) < 4.78 is 40.2. The van der Waals surface area contributed by atoms with Gasteiger partial charge in [-0.25, -0.2) is 12.8 Å². The maximum Gasteiger partial charge on any atom is 0.248 e. The van der Waals surface area contributed by atoms with Crippen molar-refractivity contribution in [2.45, 2.75) is 46.1 Å². The smallest absolute Gasteiger partial charge is 0.248 e. The third-order valence-corrected chi connectivity index (χ3v) is 5.83. The number of rotatable bonds is 8. The molecule has 0 aromatic heterocycles. The molecule has 0 fully saturated rings. The number of hydrogen-bond donors (Lipinski definition) is 1. The van der Waals surface area contributed by atoms with E-state index in [1.165, 1.54) is 18.2 Å². The third-order valence-electron chi connectivity index (χ3n) is 4.67. The monoisotopic (exact) mass is 406 g/mol. The SMILES string of the molecule is CCc1cccc(CC)c1NC(=O)C(CC)N(c1ccccc1F)S(C)(=O)=O. The summed E-state index contributed by atoms with van der Waals surface area (Å²) in [5, 5.41) is 2.91. The Kier molecular flexibility index (Phi) is 7.18. The molecule has 0 aliphatic rings. The van der Waals surface area contributed by atoms with Crippen LogP contribution in [0.5, 0.6) is 0 Å². The first-order chi connectivity index (χ1) is 13.2. The summed E-state index contributed by atoms with van der Waals surface area (Å²) in [5.74, 6) is -1.17. The van der Waals surface area contributed by atoms with E-state index in [0.717, 1.165) is 34.5 Å². The Bertz CT molecular complexity index is 922. The Morgan fingerprint density at radius 2 is 1.61 bits per heavy atom. The zero-order chi connectivity index (χ0) is 20.9. The lowest BCUT2D eigenvalue weighted by Crippen LogP contribution is -2.47. The molecule has 152 valence electrons. The summed E-state index contributed by atoms with van der Waals surface area (Å²) in [6, 6.07) is 10.3. The fraction of sp³-hybridized carbons (Fsp3) is 0.381. The number of aryl methyl sites for hydroxylation is 2. The Morgan fingerprint density at radius 1 is 1.04 bits per heavy atom. The molecule has 0 saturated carbocycles. The maximum atomic E-state index is 14.4. The molecule has 0 aliphatic carbocycles. The molecule has 5 nitrogen and oxygen atoms in total. The van der Waals surface area contributed by atoms with Gasteiger partial charge in [0.2, 0.25) is 15.9 Å². The average Bonchev–Trinajstić information content (AvgIpc) is 2.65. The number of nitrogens with zero attached hydrogens (tertiary/aromatic N) is 1. The first kappa shape index (κ1) is 21.9. The third kappa shape index (κ3) is 4.70. The lowest BCUT2D eigenvalue weighted by molar-refractivity contribution is -0.117. The van der Waals surface area contributed by atoms with Crippen LogP contribution >= 0.6 is 0 Å². The lowest BCUT2D eigenvalue weighted by Gasteiger charge is -2.30. The topological polar surface area (TPSA) is 66.5 Å². The minimum atomic E-state index is -3.89. The summed E-state index contributed by atoms with van der Waals surface area (Å²) in [6.07, 6.45) is 2.63. The number of sulfonamides is 1. The van der Waals surface area contributed by atoms with Gasteiger partial charge in [0.05, 0.1) is 11.9 Å². The minimum Gasteiger partial charge on any atom is -0.324 e. The van der Waals surface area contributed by atoms with Gasteiger partial charge in [-0.3, -0.25) is 9.10 Å². The molecule has 1 atom stereocenters. The van der Waals surface area contributed by atoms with Crippen LogP contribution in [0.1, 0.15) is 38.3 Å². The highest BCUT2D eigenvalue weighted by atomic mass is 32.2. The van der Waals surface area contributed by atoms with Crippen molar-refractivity contribution in [3.63, 3.8) is 0 Å². The first-order valence-electron chi connectivity index (χ1n) is 9.40. The molecule has 7 heteroatoms. The van der Waals surface area contributed by atoms with Crippen LogP contribution in [0.3, 0.4) is 0 Å². The highest BCUT2D eigenvalue weighted by Crippen LogP contribution is 2.28. The summed E-state index contributed by atoms with van der Waals surface area (Å²) >= 11 is 0. The zero-order valence-electron chi connectivity index (χ0n) is 16.7. The first-order valence-corrected chi connectivity index (χ1v) is 11.2. The van der Waals surface area contributed by atoms with Crippen molar-refractivity contribution in [1.29, 1.82) is 0 Å². The van der Waals surface area contributed by atoms with E-state index < -0.39 is 27.8 Å². The van der Waals surface area contributed by atoms with Crippen LogP contribution < -0.4 is 9.62 Å². The summed E-state index contributed by atoms with van der Waals surface area (Å²) in [7, 11) is -3.89. The molecule has 1 amide bonds. The Balaban J connectivity index is 2.48. The number of para-hydroxylation sites is 2. The van der Waals surface area contributed by atoms with E-state index in [4.69, 9.17) is 0 Å². The van der Waals surface area contributed by atoms with Gasteiger partial charge >= 0.3 is 0 Å². The second kappa shape index (κ2) is 9.19. The molecule has 2 aromatic carbocycles. The Labute approximate surface area is 166 Å². The standard InChI is InChI=1S/C21H27FN2O3S/c1-5-15-11-10-12-16(6-2)20(15)23-21(25)18(7-3)24(28(4,26)27)19-14-9-8-13-17(19)22/h8-14,18H,5-7H2,1-4H3,(H,23,25). The predicted molar refractivity (Wildman–Crippen MR) is 112 cm³/mol. The van der Waals surface area contributed by atoms with Gasteiger partial charge in [0, 0.05) is 5.69 Å². The predicted octanol–water partition coefficient (Wildman–Crippen LogP) is 4.13. The van der Waals surface area contributed by atoms with Crippen molar-refractivity contribution in [2.24, 2.45) is 0 Å². The van der Waals surface area contributed by atoms with E-state index in [9.17, 15) is 17.6 Å². The molecule has 0 heterocycles. The van der Waals surface area contributed by atoms with E-state index in [1.54, 1.807) is 13.0 Å².